The van der Waals surface area contributed by atoms with E-state index in [1.165, 1.54) is 6.42 Å². The summed E-state index contributed by atoms with van der Waals surface area (Å²) < 4.78 is 5.55. The molecule has 102 valence electrons. The molecule has 1 rings (SSSR count). The van der Waals surface area contributed by atoms with Gasteiger partial charge in [0.05, 0.1) is 6.61 Å². The summed E-state index contributed by atoms with van der Waals surface area (Å²) >= 11 is 0. The van der Waals surface area contributed by atoms with Crippen LogP contribution in [-0.4, -0.2) is 43.3 Å². The minimum atomic E-state index is 0.106. The molecule has 1 aliphatic heterocycles. The first-order valence-electron chi connectivity index (χ1n) is 7.11. The lowest BCUT2D eigenvalue weighted by atomic mass is 9.82. The van der Waals surface area contributed by atoms with Crippen LogP contribution >= 0.6 is 0 Å². The van der Waals surface area contributed by atoms with Gasteiger partial charge in [0.25, 0.3) is 0 Å². The zero-order valence-electron chi connectivity index (χ0n) is 12.0. The highest BCUT2D eigenvalue weighted by Gasteiger charge is 2.40. The highest BCUT2D eigenvalue weighted by atomic mass is 16.5. The van der Waals surface area contributed by atoms with E-state index in [0.717, 1.165) is 45.2 Å². The van der Waals surface area contributed by atoms with Crippen molar-refractivity contribution in [3.63, 3.8) is 0 Å². The number of likely N-dealkylation sites (N-methyl/N-ethyl adjacent to an activating group) is 1. The van der Waals surface area contributed by atoms with Gasteiger partial charge in [-0.1, -0.05) is 27.2 Å². The first kappa shape index (κ1) is 14.9. The molecular formula is C14H30N2O. The van der Waals surface area contributed by atoms with Gasteiger partial charge in [0.15, 0.2) is 0 Å². The quantitative estimate of drug-likeness (QED) is 0.743. The van der Waals surface area contributed by atoms with Crippen LogP contribution in [0.5, 0.6) is 0 Å². The minimum absolute atomic E-state index is 0.106. The van der Waals surface area contributed by atoms with Crippen molar-refractivity contribution in [2.75, 3.05) is 32.8 Å². The number of ether oxygens (including phenoxy) is 1. The van der Waals surface area contributed by atoms with Crippen LogP contribution in [0, 0.1) is 11.8 Å². The molecular weight excluding hydrogens is 212 g/mol. The van der Waals surface area contributed by atoms with Gasteiger partial charge in [0.1, 0.15) is 0 Å². The molecule has 0 aromatic rings. The third-order valence-corrected chi connectivity index (χ3v) is 4.56. The molecule has 0 amide bonds. The van der Waals surface area contributed by atoms with Gasteiger partial charge in [0, 0.05) is 31.2 Å². The van der Waals surface area contributed by atoms with Crippen molar-refractivity contribution in [2.45, 2.75) is 46.1 Å². The summed E-state index contributed by atoms with van der Waals surface area (Å²) in [5.41, 5.74) is 6.19. The maximum Gasteiger partial charge on any atom is 0.0513 e. The molecule has 17 heavy (non-hydrogen) atoms. The van der Waals surface area contributed by atoms with Crippen LogP contribution in [0.3, 0.4) is 0 Å². The van der Waals surface area contributed by atoms with Crippen molar-refractivity contribution >= 4 is 0 Å². The van der Waals surface area contributed by atoms with Crippen molar-refractivity contribution in [2.24, 2.45) is 17.6 Å². The number of nitrogens with zero attached hydrogens (tertiary/aromatic N) is 1. The Kier molecular flexibility index (Phi) is 5.90. The highest BCUT2D eigenvalue weighted by Crippen LogP contribution is 2.31. The van der Waals surface area contributed by atoms with Crippen LogP contribution in [0.4, 0.5) is 0 Å². The molecule has 0 saturated carbocycles. The fourth-order valence-corrected chi connectivity index (χ4v) is 2.78. The monoisotopic (exact) mass is 242 g/mol. The number of hydrogen-bond acceptors (Lipinski definition) is 3. The Morgan fingerprint density at radius 3 is 2.59 bits per heavy atom. The Labute approximate surface area is 107 Å². The van der Waals surface area contributed by atoms with Crippen LogP contribution in [0.1, 0.15) is 40.5 Å². The average molecular weight is 242 g/mol. The summed E-state index contributed by atoms with van der Waals surface area (Å²) in [5, 5.41) is 0. The molecule has 0 aliphatic carbocycles. The lowest BCUT2D eigenvalue weighted by Gasteiger charge is -2.45. The molecule has 0 aromatic carbocycles. The van der Waals surface area contributed by atoms with Crippen molar-refractivity contribution in [3.8, 4) is 0 Å². The van der Waals surface area contributed by atoms with Gasteiger partial charge >= 0.3 is 0 Å². The zero-order valence-corrected chi connectivity index (χ0v) is 12.0. The third-order valence-electron chi connectivity index (χ3n) is 4.56. The normalized spacial score (nSPS) is 26.1. The minimum Gasteiger partial charge on any atom is -0.381 e. The Balaban J connectivity index is 2.72. The lowest BCUT2D eigenvalue weighted by Crippen LogP contribution is -2.57. The molecule has 0 bridgehead atoms. The van der Waals surface area contributed by atoms with E-state index >= 15 is 0 Å². The summed E-state index contributed by atoms with van der Waals surface area (Å²) in [6.45, 7) is 13.9. The average Bonchev–Trinajstić information content (AvgIpc) is 2.88. The summed E-state index contributed by atoms with van der Waals surface area (Å²) in [6.07, 6.45) is 2.39. The molecule has 3 atom stereocenters. The van der Waals surface area contributed by atoms with E-state index in [9.17, 15) is 0 Å². The van der Waals surface area contributed by atoms with Crippen molar-refractivity contribution in [1.29, 1.82) is 0 Å². The number of nitrogens with two attached hydrogens (primary N) is 1. The molecule has 1 heterocycles. The SMILES string of the molecule is CCC(C)CN(CC)C(C)(CN)C1CCOC1. The van der Waals surface area contributed by atoms with Crippen LogP contribution in [0.15, 0.2) is 0 Å². The van der Waals surface area contributed by atoms with E-state index in [0.29, 0.717) is 5.92 Å². The van der Waals surface area contributed by atoms with Crippen LogP contribution < -0.4 is 5.73 Å². The number of hydrogen-bond donors (Lipinski definition) is 1. The maximum atomic E-state index is 6.08. The predicted octanol–water partition coefficient (Wildman–Crippen LogP) is 2.11. The van der Waals surface area contributed by atoms with Crippen LogP contribution in [0.25, 0.3) is 0 Å². The first-order valence-corrected chi connectivity index (χ1v) is 7.11. The summed E-state index contributed by atoms with van der Waals surface area (Å²) in [5.74, 6) is 1.33. The summed E-state index contributed by atoms with van der Waals surface area (Å²) in [4.78, 5) is 2.57. The summed E-state index contributed by atoms with van der Waals surface area (Å²) in [7, 11) is 0. The van der Waals surface area contributed by atoms with Gasteiger partial charge in [-0.2, -0.15) is 0 Å². The predicted molar refractivity (Wildman–Crippen MR) is 73.1 cm³/mol. The lowest BCUT2D eigenvalue weighted by molar-refractivity contribution is 0.0382. The van der Waals surface area contributed by atoms with E-state index < -0.39 is 0 Å². The van der Waals surface area contributed by atoms with Crippen molar-refractivity contribution < 1.29 is 4.74 Å². The molecule has 0 spiro atoms. The third kappa shape index (κ3) is 3.43. The Morgan fingerprint density at radius 2 is 2.18 bits per heavy atom. The second-order valence-electron chi connectivity index (χ2n) is 5.67. The van der Waals surface area contributed by atoms with Gasteiger partial charge < -0.3 is 10.5 Å². The van der Waals surface area contributed by atoms with E-state index in [4.69, 9.17) is 10.5 Å². The smallest absolute Gasteiger partial charge is 0.0513 e. The fraction of sp³-hybridized carbons (Fsp3) is 1.00. The van der Waals surface area contributed by atoms with E-state index in [1.807, 2.05) is 0 Å². The molecule has 0 radical (unpaired) electrons. The van der Waals surface area contributed by atoms with Gasteiger partial charge in [-0.05, 0) is 25.8 Å². The van der Waals surface area contributed by atoms with E-state index in [-0.39, 0.29) is 5.54 Å². The molecule has 1 saturated heterocycles. The molecule has 3 nitrogen and oxygen atoms in total. The van der Waals surface area contributed by atoms with E-state index in [2.05, 4.69) is 32.6 Å². The highest BCUT2D eigenvalue weighted by molar-refractivity contribution is 4.95. The topological polar surface area (TPSA) is 38.5 Å². The Morgan fingerprint density at radius 1 is 1.47 bits per heavy atom. The second-order valence-corrected chi connectivity index (χ2v) is 5.67. The van der Waals surface area contributed by atoms with Gasteiger partial charge in [0.2, 0.25) is 0 Å². The van der Waals surface area contributed by atoms with Gasteiger partial charge in [-0.3, -0.25) is 4.90 Å². The standard InChI is InChI=1S/C14H30N2O/c1-5-12(3)9-16(6-2)14(4,11-15)13-7-8-17-10-13/h12-13H,5-11,15H2,1-4H3. The summed E-state index contributed by atoms with van der Waals surface area (Å²) in [6, 6.07) is 0. The molecule has 3 unspecified atom stereocenters. The Hall–Kier alpha value is -0.120. The molecule has 2 N–H and O–H groups in total. The maximum absolute atomic E-state index is 6.08. The van der Waals surface area contributed by atoms with Crippen molar-refractivity contribution in [3.05, 3.63) is 0 Å². The largest absolute Gasteiger partial charge is 0.381 e. The van der Waals surface area contributed by atoms with Gasteiger partial charge in [-0.15, -0.1) is 0 Å². The molecule has 0 aromatic heterocycles. The van der Waals surface area contributed by atoms with Crippen LogP contribution in [0.2, 0.25) is 0 Å². The van der Waals surface area contributed by atoms with Crippen LogP contribution in [-0.2, 0) is 4.74 Å². The number of rotatable bonds is 7. The second kappa shape index (κ2) is 6.72. The molecule has 1 fully saturated rings. The zero-order chi connectivity index (χ0) is 12.9. The molecule has 1 aliphatic rings. The molecule has 3 heteroatoms. The van der Waals surface area contributed by atoms with Crippen molar-refractivity contribution in [1.82, 2.24) is 4.90 Å². The first-order chi connectivity index (χ1) is 8.08. The fourth-order valence-electron chi connectivity index (χ4n) is 2.78. The van der Waals surface area contributed by atoms with Gasteiger partial charge in [-0.25, -0.2) is 0 Å². The van der Waals surface area contributed by atoms with E-state index in [1.54, 1.807) is 0 Å². The Bertz CT molecular complexity index is 216.